The molecule has 0 atom stereocenters. The van der Waals surface area contributed by atoms with Crippen molar-refractivity contribution >= 4 is 39.7 Å². The third-order valence-corrected chi connectivity index (χ3v) is 5.81. The van der Waals surface area contributed by atoms with Crippen molar-refractivity contribution in [3.05, 3.63) is 95.0 Å². The number of hydrogen-bond donors (Lipinski definition) is 2. The SMILES string of the molecule is O=C(CNS(=O)(=O)c1ccccc1)N/N=C/c1ccc(OC(=O)c2ccccc2Cl)cc1. The fraction of sp³-hybridized carbons (Fsp3) is 0.0455. The van der Waals surface area contributed by atoms with Crippen LogP contribution in [0, 0.1) is 0 Å². The van der Waals surface area contributed by atoms with E-state index in [4.69, 9.17) is 16.3 Å². The number of nitrogens with zero attached hydrogens (tertiary/aromatic N) is 1. The molecule has 8 nitrogen and oxygen atoms in total. The summed E-state index contributed by atoms with van der Waals surface area (Å²) in [6, 6.07) is 20.6. The Morgan fingerprint density at radius 3 is 2.28 bits per heavy atom. The summed E-state index contributed by atoms with van der Waals surface area (Å²) in [5.74, 6) is -0.903. The van der Waals surface area contributed by atoms with Crippen LogP contribution in [0.25, 0.3) is 0 Å². The van der Waals surface area contributed by atoms with Crippen molar-refractivity contribution in [3.63, 3.8) is 0 Å². The summed E-state index contributed by atoms with van der Waals surface area (Å²) >= 11 is 5.98. The molecule has 0 aliphatic heterocycles. The van der Waals surface area contributed by atoms with E-state index in [1.54, 1.807) is 66.7 Å². The van der Waals surface area contributed by atoms with Crippen molar-refractivity contribution in [2.24, 2.45) is 5.10 Å². The number of sulfonamides is 1. The van der Waals surface area contributed by atoms with E-state index in [2.05, 4.69) is 15.2 Å². The highest BCUT2D eigenvalue weighted by Gasteiger charge is 2.14. The van der Waals surface area contributed by atoms with Gasteiger partial charge in [-0.15, -0.1) is 0 Å². The molecule has 164 valence electrons. The Bertz CT molecular complexity index is 1230. The lowest BCUT2D eigenvalue weighted by Crippen LogP contribution is -2.34. The third-order valence-electron chi connectivity index (χ3n) is 4.06. The average molecular weight is 472 g/mol. The van der Waals surface area contributed by atoms with Gasteiger partial charge in [0, 0.05) is 0 Å². The molecule has 0 heterocycles. The fourth-order valence-corrected chi connectivity index (χ4v) is 3.69. The first kappa shape index (κ1) is 23.1. The zero-order chi connectivity index (χ0) is 23.0. The predicted molar refractivity (Wildman–Crippen MR) is 120 cm³/mol. The molecule has 0 unspecified atom stereocenters. The highest BCUT2D eigenvalue weighted by atomic mass is 35.5. The molecule has 0 saturated carbocycles. The highest BCUT2D eigenvalue weighted by Crippen LogP contribution is 2.18. The topological polar surface area (TPSA) is 114 Å². The number of esters is 1. The number of hydrazone groups is 1. The minimum absolute atomic E-state index is 0.0617. The highest BCUT2D eigenvalue weighted by molar-refractivity contribution is 7.89. The lowest BCUT2D eigenvalue weighted by molar-refractivity contribution is -0.119. The van der Waals surface area contributed by atoms with Crippen molar-refractivity contribution in [1.29, 1.82) is 0 Å². The van der Waals surface area contributed by atoms with Crippen LogP contribution in [-0.4, -0.2) is 33.1 Å². The first-order valence-electron chi connectivity index (χ1n) is 9.28. The van der Waals surface area contributed by atoms with E-state index in [1.807, 2.05) is 0 Å². The second kappa shape index (κ2) is 10.7. The van der Waals surface area contributed by atoms with Crippen molar-refractivity contribution in [2.45, 2.75) is 4.90 Å². The first-order chi connectivity index (χ1) is 15.3. The van der Waals surface area contributed by atoms with Crippen molar-refractivity contribution in [1.82, 2.24) is 10.1 Å². The molecule has 3 aromatic carbocycles. The molecule has 0 saturated heterocycles. The lowest BCUT2D eigenvalue weighted by atomic mass is 10.2. The van der Waals surface area contributed by atoms with Gasteiger partial charge in [0.2, 0.25) is 10.0 Å². The number of rotatable bonds is 8. The van der Waals surface area contributed by atoms with Gasteiger partial charge in [-0.2, -0.15) is 5.10 Å². The molecule has 2 N–H and O–H groups in total. The van der Waals surface area contributed by atoms with Gasteiger partial charge in [0.25, 0.3) is 5.91 Å². The summed E-state index contributed by atoms with van der Waals surface area (Å²) < 4.78 is 31.6. The summed E-state index contributed by atoms with van der Waals surface area (Å²) in [5.41, 5.74) is 3.11. The number of carbonyl (C=O) groups excluding carboxylic acids is 2. The molecular formula is C22H18ClN3O5S. The van der Waals surface area contributed by atoms with Crippen LogP contribution in [0.15, 0.2) is 88.9 Å². The maximum absolute atomic E-state index is 12.2. The van der Waals surface area contributed by atoms with Crippen molar-refractivity contribution in [3.8, 4) is 5.75 Å². The van der Waals surface area contributed by atoms with Crippen molar-refractivity contribution < 1.29 is 22.7 Å². The van der Waals surface area contributed by atoms with E-state index in [0.717, 1.165) is 0 Å². The van der Waals surface area contributed by atoms with E-state index < -0.39 is 28.4 Å². The van der Waals surface area contributed by atoms with Crippen LogP contribution in [-0.2, 0) is 14.8 Å². The number of hydrogen-bond acceptors (Lipinski definition) is 6. The molecule has 1 amide bonds. The minimum atomic E-state index is -3.78. The van der Waals surface area contributed by atoms with Gasteiger partial charge in [-0.05, 0) is 54.1 Å². The summed E-state index contributed by atoms with van der Waals surface area (Å²) in [5, 5.41) is 4.07. The fourth-order valence-electron chi connectivity index (χ4n) is 2.47. The number of nitrogens with one attached hydrogen (secondary N) is 2. The Balaban J connectivity index is 1.49. The molecule has 0 fully saturated rings. The van der Waals surface area contributed by atoms with E-state index in [9.17, 15) is 18.0 Å². The normalized spacial score (nSPS) is 11.3. The zero-order valence-electron chi connectivity index (χ0n) is 16.6. The standard InChI is InChI=1S/C22H18ClN3O5S/c23-20-9-5-4-8-19(20)22(28)31-17-12-10-16(11-13-17)14-24-26-21(27)15-25-32(29,30)18-6-2-1-3-7-18/h1-14,25H,15H2,(H,26,27)/b24-14+. The predicted octanol–water partition coefficient (Wildman–Crippen LogP) is 2.99. The Morgan fingerprint density at radius 1 is 0.938 bits per heavy atom. The van der Waals surface area contributed by atoms with Crippen LogP contribution < -0.4 is 14.9 Å². The van der Waals surface area contributed by atoms with Crippen LogP contribution >= 0.6 is 11.6 Å². The summed E-state index contributed by atoms with van der Waals surface area (Å²) in [6.45, 7) is -0.467. The van der Waals surface area contributed by atoms with E-state index in [-0.39, 0.29) is 10.5 Å². The molecular weight excluding hydrogens is 454 g/mol. The van der Waals surface area contributed by atoms with Crippen LogP contribution in [0.3, 0.4) is 0 Å². The van der Waals surface area contributed by atoms with Crippen LogP contribution in [0.5, 0.6) is 5.75 Å². The second-order valence-electron chi connectivity index (χ2n) is 6.37. The molecule has 32 heavy (non-hydrogen) atoms. The number of ether oxygens (including phenoxy) is 1. The summed E-state index contributed by atoms with van der Waals surface area (Å²) in [4.78, 5) is 24.1. The largest absolute Gasteiger partial charge is 0.423 e. The van der Waals surface area contributed by atoms with Gasteiger partial charge >= 0.3 is 5.97 Å². The summed E-state index contributed by atoms with van der Waals surface area (Å²) in [6.07, 6.45) is 1.36. The maximum atomic E-state index is 12.2. The minimum Gasteiger partial charge on any atom is -0.423 e. The zero-order valence-corrected chi connectivity index (χ0v) is 18.1. The average Bonchev–Trinajstić information content (AvgIpc) is 2.80. The Labute approximate surface area is 189 Å². The van der Waals surface area contributed by atoms with Crippen LogP contribution in [0.4, 0.5) is 0 Å². The molecule has 0 aliphatic carbocycles. The molecule has 0 spiro atoms. The van der Waals surface area contributed by atoms with Gasteiger partial charge in [-0.25, -0.2) is 23.4 Å². The Morgan fingerprint density at radius 2 is 1.59 bits per heavy atom. The summed E-state index contributed by atoms with van der Waals surface area (Å²) in [7, 11) is -3.78. The molecule has 3 rings (SSSR count). The second-order valence-corrected chi connectivity index (χ2v) is 8.54. The molecule has 0 radical (unpaired) electrons. The van der Waals surface area contributed by atoms with Gasteiger partial charge in [0.05, 0.1) is 28.2 Å². The maximum Gasteiger partial charge on any atom is 0.345 e. The lowest BCUT2D eigenvalue weighted by Gasteiger charge is -2.06. The number of halogens is 1. The Hall–Kier alpha value is -3.53. The third kappa shape index (κ3) is 6.48. The van der Waals surface area contributed by atoms with Gasteiger partial charge < -0.3 is 4.74 Å². The van der Waals surface area contributed by atoms with Gasteiger partial charge in [-0.3, -0.25) is 4.79 Å². The van der Waals surface area contributed by atoms with Crippen LogP contribution in [0.2, 0.25) is 5.02 Å². The molecule has 0 bridgehead atoms. The quantitative estimate of drug-likeness (QED) is 0.227. The number of benzene rings is 3. The number of amides is 1. The van der Waals surface area contributed by atoms with E-state index in [0.29, 0.717) is 16.3 Å². The monoisotopic (exact) mass is 471 g/mol. The van der Waals surface area contributed by atoms with Gasteiger partial charge in [-0.1, -0.05) is 41.9 Å². The Kier molecular flexibility index (Phi) is 7.72. The van der Waals surface area contributed by atoms with E-state index in [1.165, 1.54) is 18.3 Å². The number of carbonyl (C=O) groups is 2. The van der Waals surface area contributed by atoms with E-state index >= 15 is 0 Å². The smallest absolute Gasteiger partial charge is 0.345 e. The first-order valence-corrected chi connectivity index (χ1v) is 11.1. The van der Waals surface area contributed by atoms with Gasteiger partial charge in [0.15, 0.2) is 0 Å². The molecule has 0 aromatic heterocycles. The van der Waals surface area contributed by atoms with Crippen LogP contribution in [0.1, 0.15) is 15.9 Å². The van der Waals surface area contributed by atoms with Gasteiger partial charge in [0.1, 0.15) is 5.75 Å². The molecule has 3 aromatic rings. The molecule has 0 aliphatic rings. The molecule has 10 heteroatoms. The van der Waals surface area contributed by atoms with Crippen molar-refractivity contribution in [2.75, 3.05) is 6.54 Å².